The molecular weight excluding hydrogens is 502 g/mol. The molecule has 1 aliphatic heterocycles. The summed E-state index contributed by atoms with van der Waals surface area (Å²) in [5, 5.41) is 5.88. The van der Waals surface area contributed by atoms with E-state index < -0.39 is 38.8 Å². The van der Waals surface area contributed by atoms with Crippen LogP contribution < -0.4 is 10.6 Å². The summed E-state index contributed by atoms with van der Waals surface area (Å²) in [5.41, 5.74) is 0.175. The lowest BCUT2D eigenvalue weighted by Gasteiger charge is -2.13. The van der Waals surface area contributed by atoms with E-state index in [1.807, 2.05) is 0 Å². The van der Waals surface area contributed by atoms with Crippen LogP contribution in [0.1, 0.15) is 27.6 Å². The highest BCUT2D eigenvalue weighted by molar-refractivity contribution is 7.90. The molecule has 1 aliphatic rings. The van der Waals surface area contributed by atoms with Gasteiger partial charge in [-0.15, -0.1) is 4.40 Å². The third kappa shape index (κ3) is 5.41. The molecule has 4 rings (SSSR count). The molecule has 190 valence electrons. The Hall–Kier alpha value is -4.38. The maximum absolute atomic E-state index is 13.9. The standard InChI is InChI=1S/C26H22F2N4O4S/c1-15(32(2)3)31-37(35,36)20-8-6-7-16(13-20)24(33)23(25(34)17-11-18(27)14-19(28)12-17)26-29-21-9-4-5-10-22(21)30-26/h4-14,29-30H,1-3H3/b31-15+. The first-order chi connectivity index (χ1) is 17.5. The summed E-state index contributed by atoms with van der Waals surface area (Å²) in [7, 11) is -0.906. The van der Waals surface area contributed by atoms with E-state index in [1.54, 1.807) is 38.4 Å². The number of amidine groups is 1. The maximum atomic E-state index is 13.9. The Morgan fingerprint density at radius 3 is 1.95 bits per heavy atom. The van der Waals surface area contributed by atoms with E-state index in [4.69, 9.17) is 0 Å². The van der Waals surface area contributed by atoms with Gasteiger partial charge in [0.05, 0.1) is 16.3 Å². The summed E-state index contributed by atoms with van der Waals surface area (Å²) in [6.45, 7) is 1.51. The van der Waals surface area contributed by atoms with Crippen LogP contribution >= 0.6 is 0 Å². The molecule has 0 aliphatic carbocycles. The number of nitrogens with zero attached hydrogens (tertiary/aromatic N) is 2. The Morgan fingerprint density at radius 2 is 1.38 bits per heavy atom. The molecule has 11 heteroatoms. The molecule has 0 unspecified atom stereocenters. The minimum atomic E-state index is -4.17. The molecule has 0 fully saturated rings. The summed E-state index contributed by atoms with van der Waals surface area (Å²) in [6, 6.07) is 14.2. The molecule has 0 atom stereocenters. The summed E-state index contributed by atoms with van der Waals surface area (Å²) < 4.78 is 57.2. The largest absolute Gasteiger partial charge is 0.366 e. The lowest BCUT2D eigenvalue weighted by atomic mass is 9.95. The monoisotopic (exact) mass is 524 g/mol. The van der Waals surface area contributed by atoms with Gasteiger partial charge in [-0.2, -0.15) is 8.42 Å². The molecule has 37 heavy (non-hydrogen) atoms. The van der Waals surface area contributed by atoms with Crippen molar-refractivity contribution in [3.8, 4) is 0 Å². The molecule has 0 amide bonds. The fourth-order valence-corrected chi connectivity index (χ4v) is 4.68. The number of nitrogens with one attached hydrogen (secondary N) is 2. The quantitative estimate of drug-likeness (QED) is 0.123. The lowest BCUT2D eigenvalue weighted by molar-refractivity contribution is 0.0960. The highest BCUT2D eigenvalue weighted by Gasteiger charge is 2.30. The average Bonchev–Trinajstić information content (AvgIpc) is 3.26. The zero-order valence-electron chi connectivity index (χ0n) is 20.0. The van der Waals surface area contributed by atoms with Crippen LogP contribution in [0.2, 0.25) is 0 Å². The normalized spacial score (nSPS) is 12.9. The molecule has 0 saturated heterocycles. The second-order valence-corrected chi connectivity index (χ2v) is 10.0. The molecule has 0 spiro atoms. The molecule has 1 heterocycles. The van der Waals surface area contributed by atoms with Crippen LogP contribution in [0, 0.1) is 11.6 Å². The molecule has 3 aromatic rings. The van der Waals surface area contributed by atoms with Crippen molar-refractivity contribution in [2.45, 2.75) is 11.8 Å². The number of para-hydroxylation sites is 2. The van der Waals surface area contributed by atoms with Crippen LogP contribution in [0.25, 0.3) is 0 Å². The Bertz CT molecular complexity index is 1550. The molecular formula is C26H22F2N4O4S. The summed E-state index contributed by atoms with van der Waals surface area (Å²) in [6.07, 6.45) is 0. The number of Topliss-reactive ketones (excluding diaryl/α,β-unsaturated/α-hetero) is 2. The minimum Gasteiger partial charge on any atom is -0.366 e. The maximum Gasteiger partial charge on any atom is 0.283 e. The summed E-state index contributed by atoms with van der Waals surface area (Å²) in [5.74, 6) is -3.57. The molecule has 0 bridgehead atoms. The predicted molar refractivity (Wildman–Crippen MR) is 136 cm³/mol. The van der Waals surface area contributed by atoms with E-state index in [2.05, 4.69) is 15.0 Å². The van der Waals surface area contributed by atoms with E-state index >= 15 is 0 Å². The number of sulfonamides is 1. The van der Waals surface area contributed by atoms with Crippen molar-refractivity contribution in [2.75, 3.05) is 24.7 Å². The Balaban J connectivity index is 1.83. The van der Waals surface area contributed by atoms with Crippen LogP contribution in [-0.2, 0) is 10.0 Å². The van der Waals surface area contributed by atoms with Crippen molar-refractivity contribution in [3.63, 3.8) is 0 Å². The molecule has 0 saturated carbocycles. The second kappa shape index (κ2) is 9.94. The molecule has 8 nitrogen and oxygen atoms in total. The fraction of sp³-hybridized carbons (Fsp3) is 0.115. The number of carbonyl (C=O) groups excluding carboxylic acids is 2. The number of anilines is 2. The number of hydrogen-bond acceptors (Lipinski definition) is 6. The number of hydrogen-bond donors (Lipinski definition) is 2. The Morgan fingerprint density at radius 1 is 0.811 bits per heavy atom. The van der Waals surface area contributed by atoms with Gasteiger partial charge < -0.3 is 15.5 Å². The number of fused-ring (bicyclic) bond motifs is 1. The van der Waals surface area contributed by atoms with E-state index in [1.165, 1.54) is 30.0 Å². The van der Waals surface area contributed by atoms with Gasteiger partial charge in [-0.3, -0.25) is 9.59 Å². The molecule has 3 aromatic carbocycles. The van der Waals surface area contributed by atoms with Gasteiger partial charge >= 0.3 is 0 Å². The topological polar surface area (TPSA) is 108 Å². The van der Waals surface area contributed by atoms with E-state index in [9.17, 15) is 26.8 Å². The first-order valence-corrected chi connectivity index (χ1v) is 12.4. The Kier molecular flexibility index (Phi) is 6.90. The van der Waals surface area contributed by atoms with Gasteiger partial charge in [0.1, 0.15) is 28.9 Å². The predicted octanol–water partition coefficient (Wildman–Crippen LogP) is 4.45. The Labute approximate surface area is 212 Å². The fourth-order valence-electron chi connectivity index (χ4n) is 3.54. The van der Waals surface area contributed by atoms with Crippen molar-refractivity contribution in [3.05, 3.63) is 101 Å². The van der Waals surface area contributed by atoms with Crippen molar-refractivity contribution in [2.24, 2.45) is 4.40 Å². The van der Waals surface area contributed by atoms with E-state index in [-0.39, 0.29) is 27.7 Å². The van der Waals surface area contributed by atoms with Crippen LogP contribution in [0.5, 0.6) is 0 Å². The van der Waals surface area contributed by atoms with Crippen LogP contribution in [0.3, 0.4) is 0 Å². The smallest absolute Gasteiger partial charge is 0.283 e. The molecule has 0 aromatic heterocycles. The van der Waals surface area contributed by atoms with E-state index in [0.717, 1.165) is 18.2 Å². The average molecular weight is 525 g/mol. The van der Waals surface area contributed by atoms with Crippen LogP contribution in [0.4, 0.5) is 20.2 Å². The molecule has 2 N–H and O–H groups in total. The van der Waals surface area contributed by atoms with Gasteiger partial charge in [0, 0.05) is 31.3 Å². The van der Waals surface area contributed by atoms with Crippen molar-refractivity contribution in [1.82, 2.24) is 4.90 Å². The van der Waals surface area contributed by atoms with E-state index in [0.29, 0.717) is 17.4 Å². The number of ketones is 2. The van der Waals surface area contributed by atoms with Crippen molar-refractivity contribution < 1.29 is 26.8 Å². The first kappa shape index (κ1) is 25.7. The van der Waals surface area contributed by atoms with Gasteiger partial charge in [0.15, 0.2) is 0 Å². The molecule has 0 radical (unpaired) electrons. The van der Waals surface area contributed by atoms with Gasteiger partial charge in [0.25, 0.3) is 10.0 Å². The van der Waals surface area contributed by atoms with Crippen molar-refractivity contribution in [1.29, 1.82) is 0 Å². The van der Waals surface area contributed by atoms with Gasteiger partial charge in [-0.25, -0.2) is 8.78 Å². The number of halogens is 2. The van der Waals surface area contributed by atoms with Gasteiger partial charge in [-0.1, -0.05) is 24.3 Å². The second-order valence-electron chi connectivity index (χ2n) is 8.40. The summed E-state index contributed by atoms with van der Waals surface area (Å²) in [4.78, 5) is 28.4. The third-order valence-electron chi connectivity index (χ3n) is 5.57. The number of allylic oxidation sites excluding steroid dienone is 1. The highest BCUT2D eigenvalue weighted by atomic mass is 32.2. The first-order valence-electron chi connectivity index (χ1n) is 11.0. The number of rotatable bonds is 6. The van der Waals surface area contributed by atoms with Crippen LogP contribution in [-0.4, -0.2) is 44.8 Å². The minimum absolute atomic E-state index is 0.00407. The SMILES string of the molecule is C/C(=N\S(=O)(=O)c1cccc(C(=O)C(C(=O)c2cc(F)cc(F)c2)=C2Nc3ccccc3N2)c1)N(C)C. The summed E-state index contributed by atoms with van der Waals surface area (Å²) >= 11 is 0. The third-order valence-corrected chi connectivity index (χ3v) is 6.92. The number of carbonyl (C=O) groups is 2. The zero-order valence-corrected chi connectivity index (χ0v) is 20.9. The van der Waals surface area contributed by atoms with Gasteiger partial charge in [-0.05, 0) is 43.3 Å². The van der Waals surface area contributed by atoms with Crippen LogP contribution in [0.15, 0.2) is 87.4 Å². The highest BCUT2D eigenvalue weighted by Crippen LogP contribution is 2.33. The lowest BCUT2D eigenvalue weighted by Crippen LogP contribution is -2.21. The zero-order chi connectivity index (χ0) is 26.9. The van der Waals surface area contributed by atoms with Gasteiger partial charge in [0.2, 0.25) is 11.6 Å². The number of benzene rings is 3. The van der Waals surface area contributed by atoms with Crippen molar-refractivity contribution >= 4 is 38.8 Å².